The van der Waals surface area contributed by atoms with Crippen LogP contribution in [0.2, 0.25) is 0 Å². The molecule has 3 nitrogen and oxygen atoms in total. The van der Waals surface area contributed by atoms with E-state index in [9.17, 15) is 8.78 Å². The van der Waals surface area contributed by atoms with Crippen LogP contribution in [0.3, 0.4) is 0 Å². The second-order valence-corrected chi connectivity index (χ2v) is 10.2. The van der Waals surface area contributed by atoms with Gasteiger partial charge in [-0.25, -0.2) is 8.78 Å². The van der Waals surface area contributed by atoms with Gasteiger partial charge in [0.1, 0.15) is 17.4 Å². The van der Waals surface area contributed by atoms with Crippen molar-refractivity contribution < 1.29 is 13.5 Å². The van der Waals surface area contributed by atoms with Gasteiger partial charge in [-0.2, -0.15) is 0 Å². The van der Waals surface area contributed by atoms with E-state index < -0.39 is 11.6 Å². The van der Waals surface area contributed by atoms with Gasteiger partial charge in [0.25, 0.3) is 0 Å². The summed E-state index contributed by atoms with van der Waals surface area (Å²) in [6.45, 7) is 14.8. The molecule has 2 aromatic carbocycles. The molecule has 2 rings (SSSR count). The summed E-state index contributed by atoms with van der Waals surface area (Å²) in [4.78, 5) is 0. The van der Waals surface area contributed by atoms with E-state index in [0.717, 1.165) is 37.5 Å². The molecule has 0 aliphatic rings. The number of ether oxygens (including phenoxy) is 1. The first-order chi connectivity index (χ1) is 15.5. The summed E-state index contributed by atoms with van der Waals surface area (Å²) in [5.41, 5.74) is 2.92. The lowest BCUT2D eigenvalue weighted by Gasteiger charge is -2.30. The smallest absolute Gasteiger partial charge is 0.170 e. The van der Waals surface area contributed by atoms with Gasteiger partial charge < -0.3 is 15.4 Å². The number of anilines is 1. The molecule has 6 heteroatoms. The van der Waals surface area contributed by atoms with Crippen LogP contribution in [0, 0.1) is 11.6 Å². The van der Waals surface area contributed by atoms with E-state index in [-0.39, 0.29) is 16.5 Å². The van der Waals surface area contributed by atoms with Crippen LogP contribution < -0.4 is 15.4 Å². The molecular weight excluding hydrogens is 438 g/mol. The highest BCUT2D eigenvalue weighted by Crippen LogP contribution is 2.38. The molecule has 0 heterocycles. The molecule has 0 fully saturated rings. The van der Waals surface area contributed by atoms with Crippen LogP contribution in [0.15, 0.2) is 36.4 Å². The Hall–Kier alpha value is -2.21. The zero-order valence-electron chi connectivity index (χ0n) is 20.8. The van der Waals surface area contributed by atoms with Gasteiger partial charge in [-0.3, -0.25) is 0 Å². The summed E-state index contributed by atoms with van der Waals surface area (Å²) in [6, 6.07) is 9.97. The summed E-state index contributed by atoms with van der Waals surface area (Å²) >= 11 is 5.19. The third-order valence-corrected chi connectivity index (χ3v) is 6.80. The van der Waals surface area contributed by atoms with E-state index >= 15 is 0 Å². The molecule has 0 aliphatic heterocycles. The molecule has 0 unspecified atom stereocenters. The van der Waals surface area contributed by atoms with Crippen LogP contribution in [0.25, 0.3) is 0 Å². The number of halogens is 2. The van der Waals surface area contributed by atoms with E-state index in [4.69, 9.17) is 17.0 Å². The number of hydrogen-bond acceptors (Lipinski definition) is 2. The first kappa shape index (κ1) is 27.0. The number of unbranched alkanes of at least 4 members (excludes halogenated alkanes) is 1. The SMILES string of the molecule is CCC(C)(C)c1ccc(OCCCCNC(=S)Nc2ccc(F)cc2F)c(C(C)(C)CC)c1. The summed E-state index contributed by atoms with van der Waals surface area (Å²) < 4.78 is 32.9. The number of hydrogen-bond donors (Lipinski definition) is 2. The summed E-state index contributed by atoms with van der Waals surface area (Å²) in [5, 5.41) is 6.11. The van der Waals surface area contributed by atoms with Crippen LogP contribution in [0.1, 0.15) is 78.4 Å². The van der Waals surface area contributed by atoms with Crippen molar-refractivity contribution in [1.82, 2.24) is 5.32 Å². The van der Waals surface area contributed by atoms with Crippen molar-refractivity contribution in [1.29, 1.82) is 0 Å². The average Bonchev–Trinajstić information content (AvgIpc) is 2.78. The lowest BCUT2D eigenvalue weighted by molar-refractivity contribution is 0.296. The molecule has 0 atom stereocenters. The molecule has 33 heavy (non-hydrogen) atoms. The standard InChI is InChI=1S/C27H38F2N2OS/c1-7-26(3,4)19-11-14-24(21(17-19)27(5,6)8-2)32-16-10-9-15-30-25(33)31-23-13-12-20(28)18-22(23)29/h11-14,17-18H,7-10,15-16H2,1-6H3,(H2,30,31,33). The van der Waals surface area contributed by atoms with Crippen molar-refractivity contribution in [3.63, 3.8) is 0 Å². The zero-order chi connectivity index (χ0) is 24.6. The molecule has 0 bridgehead atoms. The Kier molecular flexibility index (Phi) is 9.65. The molecule has 0 radical (unpaired) electrons. The van der Waals surface area contributed by atoms with E-state index in [0.29, 0.717) is 18.3 Å². The molecule has 0 amide bonds. The van der Waals surface area contributed by atoms with Crippen molar-refractivity contribution in [3.05, 3.63) is 59.2 Å². The van der Waals surface area contributed by atoms with Gasteiger partial charge in [-0.1, -0.05) is 53.7 Å². The van der Waals surface area contributed by atoms with Crippen LogP contribution in [-0.2, 0) is 10.8 Å². The quantitative estimate of drug-likeness (QED) is 0.260. The average molecular weight is 477 g/mol. The lowest BCUT2D eigenvalue weighted by Crippen LogP contribution is -2.29. The zero-order valence-corrected chi connectivity index (χ0v) is 21.6. The predicted octanol–water partition coefficient (Wildman–Crippen LogP) is 7.49. The minimum Gasteiger partial charge on any atom is -0.493 e. The highest BCUT2D eigenvalue weighted by Gasteiger charge is 2.26. The highest BCUT2D eigenvalue weighted by molar-refractivity contribution is 7.80. The molecule has 0 saturated heterocycles. The molecule has 0 aliphatic carbocycles. The maximum atomic E-state index is 13.7. The fourth-order valence-corrected chi connectivity index (χ4v) is 3.58. The van der Waals surface area contributed by atoms with E-state index in [1.54, 1.807) is 0 Å². The van der Waals surface area contributed by atoms with Crippen molar-refractivity contribution in [3.8, 4) is 5.75 Å². The molecule has 2 N–H and O–H groups in total. The third-order valence-electron chi connectivity index (χ3n) is 6.55. The molecule has 0 aromatic heterocycles. The maximum Gasteiger partial charge on any atom is 0.170 e. The first-order valence-electron chi connectivity index (χ1n) is 11.8. The number of thiocarbonyl (C=S) groups is 1. The highest BCUT2D eigenvalue weighted by atomic mass is 32.1. The van der Waals surface area contributed by atoms with Crippen molar-refractivity contribution >= 4 is 23.0 Å². The number of benzene rings is 2. The molecular formula is C27H38F2N2OS. The van der Waals surface area contributed by atoms with Gasteiger partial charge in [0.2, 0.25) is 0 Å². The van der Waals surface area contributed by atoms with Gasteiger partial charge in [0.15, 0.2) is 5.11 Å². The van der Waals surface area contributed by atoms with Crippen LogP contribution in [0.5, 0.6) is 5.75 Å². The third kappa shape index (κ3) is 7.66. The first-order valence-corrected chi connectivity index (χ1v) is 12.2. The Morgan fingerprint density at radius 1 is 0.939 bits per heavy atom. The Labute approximate surface area is 203 Å². The minimum atomic E-state index is -0.674. The Bertz CT molecular complexity index is 944. The van der Waals surface area contributed by atoms with Crippen molar-refractivity contribution in [2.75, 3.05) is 18.5 Å². The van der Waals surface area contributed by atoms with Gasteiger partial charge >= 0.3 is 0 Å². The van der Waals surface area contributed by atoms with Crippen LogP contribution >= 0.6 is 12.2 Å². The minimum absolute atomic E-state index is 0.0319. The Morgan fingerprint density at radius 3 is 2.27 bits per heavy atom. The predicted molar refractivity (Wildman–Crippen MR) is 138 cm³/mol. The van der Waals surface area contributed by atoms with Gasteiger partial charge in [-0.15, -0.1) is 0 Å². The lowest BCUT2D eigenvalue weighted by atomic mass is 9.76. The van der Waals surface area contributed by atoms with Crippen LogP contribution in [-0.4, -0.2) is 18.3 Å². The maximum absolute atomic E-state index is 13.7. The van der Waals surface area contributed by atoms with Crippen molar-refractivity contribution in [2.45, 2.75) is 78.1 Å². The summed E-state index contributed by atoms with van der Waals surface area (Å²) in [6.07, 6.45) is 3.81. The summed E-state index contributed by atoms with van der Waals surface area (Å²) in [7, 11) is 0. The normalized spacial score (nSPS) is 11.9. The summed E-state index contributed by atoms with van der Waals surface area (Å²) in [5.74, 6) is -0.341. The Balaban J connectivity index is 1.86. The topological polar surface area (TPSA) is 33.3 Å². The second-order valence-electron chi connectivity index (χ2n) is 9.75. The molecule has 0 saturated carbocycles. The van der Waals surface area contributed by atoms with E-state index in [1.165, 1.54) is 23.3 Å². The second kappa shape index (κ2) is 11.8. The monoisotopic (exact) mass is 476 g/mol. The fourth-order valence-electron chi connectivity index (χ4n) is 3.37. The largest absolute Gasteiger partial charge is 0.493 e. The molecule has 2 aromatic rings. The number of nitrogens with one attached hydrogen (secondary N) is 2. The van der Waals surface area contributed by atoms with Gasteiger partial charge in [-0.05, 0) is 72.5 Å². The fraction of sp³-hybridized carbons (Fsp3) is 0.519. The van der Waals surface area contributed by atoms with Gasteiger partial charge in [0.05, 0.1) is 12.3 Å². The van der Waals surface area contributed by atoms with E-state index in [1.807, 2.05) is 0 Å². The van der Waals surface area contributed by atoms with E-state index in [2.05, 4.69) is 70.4 Å². The number of rotatable bonds is 11. The van der Waals surface area contributed by atoms with Gasteiger partial charge in [0, 0.05) is 18.2 Å². The Morgan fingerprint density at radius 2 is 1.64 bits per heavy atom. The van der Waals surface area contributed by atoms with Crippen molar-refractivity contribution in [2.24, 2.45) is 0 Å². The van der Waals surface area contributed by atoms with Crippen LogP contribution in [0.4, 0.5) is 14.5 Å². The molecule has 182 valence electrons. The molecule has 0 spiro atoms.